The maximum atomic E-state index is 4.50. The van der Waals surface area contributed by atoms with E-state index in [-0.39, 0.29) is 0 Å². The molecule has 1 heterocycles. The van der Waals surface area contributed by atoms with E-state index < -0.39 is 0 Å². The lowest BCUT2D eigenvalue weighted by molar-refractivity contribution is 0.439. The second-order valence-electron chi connectivity index (χ2n) is 5.64. The van der Waals surface area contributed by atoms with Crippen LogP contribution in [0.3, 0.4) is 0 Å². The van der Waals surface area contributed by atoms with Crippen molar-refractivity contribution >= 4 is 11.6 Å². The van der Waals surface area contributed by atoms with Crippen LogP contribution in [0.4, 0.5) is 11.6 Å². The summed E-state index contributed by atoms with van der Waals surface area (Å²) in [6.07, 6.45) is 5.58. The van der Waals surface area contributed by atoms with E-state index in [0.29, 0.717) is 6.04 Å². The molecule has 0 aromatic carbocycles. The number of rotatable bonds is 4. The number of aromatic nitrogens is 2. The molecule has 0 radical (unpaired) electrons. The van der Waals surface area contributed by atoms with E-state index in [4.69, 9.17) is 0 Å². The Balaban J connectivity index is 1.72. The van der Waals surface area contributed by atoms with Gasteiger partial charge in [0.05, 0.1) is 0 Å². The molecule has 2 N–H and O–H groups in total. The normalized spacial score (nSPS) is 29.6. The maximum absolute atomic E-state index is 4.50. The van der Waals surface area contributed by atoms with E-state index in [1.807, 2.05) is 13.0 Å². The third kappa shape index (κ3) is 2.28. The zero-order valence-electron chi connectivity index (χ0n) is 11.2. The van der Waals surface area contributed by atoms with Crippen LogP contribution < -0.4 is 10.6 Å². The minimum Gasteiger partial charge on any atom is -0.370 e. The molecule has 2 saturated carbocycles. The van der Waals surface area contributed by atoms with E-state index >= 15 is 0 Å². The molecule has 0 saturated heterocycles. The van der Waals surface area contributed by atoms with Crippen molar-refractivity contribution in [3.63, 3.8) is 0 Å². The van der Waals surface area contributed by atoms with Gasteiger partial charge in [-0.1, -0.05) is 6.42 Å². The Hall–Kier alpha value is -1.32. The summed E-state index contributed by atoms with van der Waals surface area (Å²) in [4.78, 5) is 8.88. The zero-order chi connectivity index (χ0) is 12.5. The highest BCUT2D eigenvalue weighted by molar-refractivity contribution is 5.48. The van der Waals surface area contributed by atoms with E-state index in [2.05, 4.69) is 27.5 Å². The SMILES string of the molecule is CCNc1cc(NC2CC3CCC2C3)nc(C)n1. The molecule has 2 bridgehead atoms. The van der Waals surface area contributed by atoms with Crippen molar-refractivity contribution < 1.29 is 0 Å². The summed E-state index contributed by atoms with van der Waals surface area (Å²) in [5, 5.41) is 6.88. The lowest BCUT2D eigenvalue weighted by atomic mass is 9.95. The van der Waals surface area contributed by atoms with E-state index in [9.17, 15) is 0 Å². The van der Waals surface area contributed by atoms with Crippen molar-refractivity contribution in [1.82, 2.24) is 9.97 Å². The van der Waals surface area contributed by atoms with Crippen LogP contribution in [0.1, 0.15) is 38.4 Å². The smallest absolute Gasteiger partial charge is 0.132 e. The predicted molar refractivity (Wildman–Crippen MR) is 73.8 cm³/mol. The molecular formula is C14H22N4. The second-order valence-corrected chi connectivity index (χ2v) is 5.64. The number of anilines is 2. The Morgan fingerprint density at radius 1 is 1.22 bits per heavy atom. The minimum absolute atomic E-state index is 0.632. The van der Waals surface area contributed by atoms with Crippen LogP contribution in [-0.2, 0) is 0 Å². The van der Waals surface area contributed by atoms with E-state index in [1.165, 1.54) is 25.7 Å². The first-order valence-electron chi connectivity index (χ1n) is 7.10. The quantitative estimate of drug-likeness (QED) is 0.857. The van der Waals surface area contributed by atoms with Crippen LogP contribution in [0.5, 0.6) is 0 Å². The summed E-state index contributed by atoms with van der Waals surface area (Å²) in [7, 11) is 0. The first-order valence-corrected chi connectivity index (χ1v) is 7.10. The summed E-state index contributed by atoms with van der Waals surface area (Å²) in [6, 6.07) is 2.66. The van der Waals surface area contributed by atoms with Crippen LogP contribution in [0.25, 0.3) is 0 Å². The van der Waals surface area contributed by atoms with E-state index in [0.717, 1.165) is 35.8 Å². The summed E-state index contributed by atoms with van der Waals surface area (Å²) in [5.41, 5.74) is 0. The molecule has 0 spiro atoms. The van der Waals surface area contributed by atoms with Crippen LogP contribution in [0.15, 0.2) is 6.07 Å². The molecule has 18 heavy (non-hydrogen) atoms. The van der Waals surface area contributed by atoms with Crippen molar-refractivity contribution in [3.05, 3.63) is 11.9 Å². The van der Waals surface area contributed by atoms with Gasteiger partial charge in [-0.15, -0.1) is 0 Å². The molecule has 1 aromatic rings. The van der Waals surface area contributed by atoms with Crippen molar-refractivity contribution in [2.45, 2.75) is 45.6 Å². The molecule has 3 atom stereocenters. The highest BCUT2D eigenvalue weighted by atomic mass is 15.1. The molecule has 3 rings (SSSR count). The fraction of sp³-hybridized carbons (Fsp3) is 0.714. The molecule has 2 aliphatic carbocycles. The summed E-state index contributed by atoms with van der Waals surface area (Å²) >= 11 is 0. The van der Waals surface area contributed by atoms with Gasteiger partial charge in [-0.25, -0.2) is 9.97 Å². The molecule has 0 amide bonds. The van der Waals surface area contributed by atoms with Gasteiger partial charge < -0.3 is 10.6 Å². The van der Waals surface area contributed by atoms with Crippen molar-refractivity contribution in [1.29, 1.82) is 0 Å². The molecule has 2 fully saturated rings. The molecule has 98 valence electrons. The number of aryl methyl sites for hydroxylation is 1. The summed E-state index contributed by atoms with van der Waals surface area (Å²) in [6.45, 7) is 4.93. The van der Waals surface area contributed by atoms with E-state index in [1.54, 1.807) is 0 Å². The average molecular weight is 246 g/mol. The number of hydrogen-bond donors (Lipinski definition) is 2. The van der Waals surface area contributed by atoms with Gasteiger partial charge in [0.15, 0.2) is 0 Å². The molecule has 4 nitrogen and oxygen atoms in total. The van der Waals surface area contributed by atoms with Crippen molar-refractivity contribution in [2.24, 2.45) is 11.8 Å². The highest BCUT2D eigenvalue weighted by Gasteiger charge is 2.39. The minimum atomic E-state index is 0.632. The average Bonchev–Trinajstić information content (AvgIpc) is 2.90. The van der Waals surface area contributed by atoms with Gasteiger partial charge >= 0.3 is 0 Å². The van der Waals surface area contributed by atoms with Gasteiger partial charge in [-0.05, 0) is 44.9 Å². The first kappa shape index (κ1) is 11.8. The topological polar surface area (TPSA) is 49.8 Å². The molecule has 1 aromatic heterocycles. The molecule has 4 heteroatoms. The molecular weight excluding hydrogens is 224 g/mol. The van der Waals surface area contributed by atoms with Gasteiger partial charge in [0, 0.05) is 18.7 Å². The molecule has 2 aliphatic rings. The monoisotopic (exact) mass is 246 g/mol. The van der Waals surface area contributed by atoms with Gasteiger partial charge in [0.1, 0.15) is 17.5 Å². The number of nitrogens with zero attached hydrogens (tertiary/aromatic N) is 2. The third-order valence-electron chi connectivity index (χ3n) is 4.27. The summed E-state index contributed by atoms with van der Waals surface area (Å²) < 4.78 is 0. The van der Waals surface area contributed by atoms with Crippen molar-refractivity contribution in [3.8, 4) is 0 Å². The lowest BCUT2D eigenvalue weighted by Crippen LogP contribution is -2.26. The Morgan fingerprint density at radius 3 is 2.72 bits per heavy atom. The van der Waals surface area contributed by atoms with Crippen LogP contribution in [0, 0.1) is 18.8 Å². The predicted octanol–water partition coefficient (Wildman–Crippen LogP) is 2.82. The lowest BCUT2D eigenvalue weighted by Gasteiger charge is -2.23. The fourth-order valence-corrected chi connectivity index (χ4v) is 3.52. The maximum Gasteiger partial charge on any atom is 0.132 e. The van der Waals surface area contributed by atoms with Crippen molar-refractivity contribution in [2.75, 3.05) is 17.2 Å². The summed E-state index contributed by atoms with van der Waals surface area (Å²) in [5.74, 6) is 4.57. The Labute approximate surface area is 109 Å². The Kier molecular flexibility index (Phi) is 3.10. The standard InChI is InChI=1S/C14H22N4/c1-3-15-13-8-14(17-9(2)16-13)18-12-7-10-4-5-11(12)6-10/h8,10-12H,3-7H2,1-2H3,(H2,15,16,17,18). The largest absolute Gasteiger partial charge is 0.370 e. The molecule has 3 unspecified atom stereocenters. The van der Waals surface area contributed by atoms with Gasteiger partial charge in [0.2, 0.25) is 0 Å². The highest BCUT2D eigenvalue weighted by Crippen LogP contribution is 2.45. The Morgan fingerprint density at radius 2 is 2.06 bits per heavy atom. The fourth-order valence-electron chi connectivity index (χ4n) is 3.52. The van der Waals surface area contributed by atoms with Gasteiger partial charge in [0.25, 0.3) is 0 Å². The Bertz CT molecular complexity index is 432. The molecule has 0 aliphatic heterocycles. The van der Waals surface area contributed by atoms with Gasteiger partial charge in [-0.2, -0.15) is 0 Å². The number of hydrogen-bond acceptors (Lipinski definition) is 4. The van der Waals surface area contributed by atoms with Crippen LogP contribution in [0.2, 0.25) is 0 Å². The number of fused-ring (bicyclic) bond motifs is 2. The van der Waals surface area contributed by atoms with Crippen LogP contribution in [-0.4, -0.2) is 22.6 Å². The van der Waals surface area contributed by atoms with Gasteiger partial charge in [-0.3, -0.25) is 0 Å². The first-order chi connectivity index (χ1) is 8.74. The zero-order valence-corrected chi connectivity index (χ0v) is 11.2. The second kappa shape index (κ2) is 4.75. The van der Waals surface area contributed by atoms with Crippen LogP contribution >= 0.6 is 0 Å². The number of nitrogens with one attached hydrogen (secondary N) is 2. The third-order valence-corrected chi connectivity index (χ3v) is 4.27.